The highest BCUT2D eigenvalue weighted by atomic mass is 79.9. The summed E-state index contributed by atoms with van der Waals surface area (Å²) in [4.78, 5) is 0. The summed E-state index contributed by atoms with van der Waals surface area (Å²) in [5.41, 5.74) is 1.67. The van der Waals surface area contributed by atoms with Crippen LogP contribution in [0, 0.1) is 0 Å². The van der Waals surface area contributed by atoms with Crippen molar-refractivity contribution in [1.29, 1.82) is 0 Å². The largest absolute Gasteiger partial charge is 0.332 e. The highest BCUT2D eigenvalue weighted by Gasteiger charge is 2.02. The number of halogens is 3. The molecule has 2 aromatic rings. The molecule has 0 unspecified atom stereocenters. The van der Waals surface area contributed by atoms with Crippen molar-refractivity contribution in [2.75, 3.05) is 10.6 Å². The molecule has 19 heavy (non-hydrogen) atoms. The molecule has 0 bridgehead atoms. The van der Waals surface area contributed by atoms with Crippen molar-refractivity contribution < 1.29 is 0 Å². The maximum Gasteiger partial charge on any atom is 0.175 e. The van der Waals surface area contributed by atoms with Gasteiger partial charge in [0.1, 0.15) is 0 Å². The normalized spacial score (nSPS) is 10.1. The summed E-state index contributed by atoms with van der Waals surface area (Å²) in [5.74, 6) is 0. The lowest BCUT2D eigenvalue weighted by molar-refractivity contribution is 1.58. The molecule has 0 spiro atoms. The van der Waals surface area contributed by atoms with Crippen LogP contribution in [0.15, 0.2) is 46.9 Å². The third-order valence-corrected chi connectivity index (χ3v) is 3.70. The van der Waals surface area contributed by atoms with Gasteiger partial charge in [-0.25, -0.2) is 0 Å². The van der Waals surface area contributed by atoms with Gasteiger partial charge in [-0.15, -0.1) is 0 Å². The van der Waals surface area contributed by atoms with E-state index in [0.717, 1.165) is 15.8 Å². The lowest BCUT2D eigenvalue weighted by atomic mass is 10.3. The van der Waals surface area contributed by atoms with E-state index in [1.165, 1.54) is 0 Å². The highest BCUT2D eigenvalue weighted by Crippen LogP contribution is 2.25. The third-order valence-electron chi connectivity index (χ3n) is 2.26. The fraction of sp³-hybridized carbons (Fsp3) is 0. The molecular weight excluding hydrogens is 367 g/mol. The van der Waals surface area contributed by atoms with E-state index in [0.29, 0.717) is 15.2 Å². The summed E-state index contributed by atoms with van der Waals surface area (Å²) >= 11 is 20.4. The predicted molar refractivity (Wildman–Crippen MR) is 90.4 cm³/mol. The zero-order valence-corrected chi connectivity index (χ0v) is 13.5. The maximum atomic E-state index is 5.94. The Bertz CT molecular complexity index is 619. The van der Waals surface area contributed by atoms with Crippen LogP contribution in [-0.2, 0) is 0 Å². The summed E-state index contributed by atoms with van der Waals surface area (Å²) in [7, 11) is 0. The third kappa shape index (κ3) is 4.35. The number of rotatable bonds is 2. The van der Waals surface area contributed by atoms with Gasteiger partial charge < -0.3 is 10.6 Å². The van der Waals surface area contributed by atoms with Gasteiger partial charge in [-0.2, -0.15) is 0 Å². The zero-order valence-electron chi connectivity index (χ0n) is 9.58. The Kier molecular flexibility index (Phi) is 5.05. The van der Waals surface area contributed by atoms with Crippen LogP contribution < -0.4 is 10.6 Å². The molecule has 0 aromatic heterocycles. The molecule has 0 saturated carbocycles. The van der Waals surface area contributed by atoms with Gasteiger partial charge in [0.05, 0.1) is 10.0 Å². The van der Waals surface area contributed by atoms with E-state index in [2.05, 4.69) is 26.6 Å². The number of hydrogen-bond acceptors (Lipinski definition) is 1. The molecule has 0 amide bonds. The van der Waals surface area contributed by atoms with Crippen molar-refractivity contribution in [3.05, 3.63) is 57.0 Å². The standard InChI is InChI=1S/C13H9BrCl2N2S/c14-8-2-1-3-9(6-8)17-13(19)18-10-4-5-11(15)12(16)7-10/h1-7H,(H2,17,18,19). The van der Waals surface area contributed by atoms with Crippen molar-refractivity contribution in [3.8, 4) is 0 Å². The Morgan fingerprint density at radius 3 is 2.26 bits per heavy atom. The fourth-order valence-corrected chi connectivity index (χ4v) is 2.37. The molecule has 2 aromatic carbocycles. The van der Waals surface area contributed by atoms with Gasteiger partial charge in [-0.05, 0) is 48.6 Å². The number of benzene rings is 2. The number of anilines is 2. The van der Waals surface area contributed by atoms with Gasteiger partial charge >= 0.3 is 0 Å². The van der Waals surface area contributed by atoms with Crippen LogP contribution in [0.2, 0.25) is 10.0 Å². The van der Waals surface area contributed by atoms with Gasteiger partial charge in [-0.1, -0.05) is 45.2 Å². The quantitative estimate of drug-likeness (QED) is 0.671. The van der Waals surface area contributed by atoms with Crippen LogP contribution >= 0.6 is 51.3 Å². The van der Waals surface area contributed by atoms with Gasteiger partial charge in [0.25, 0.3) is 0 Å². The van der Waals surface area contributed by atoms with Crippen LogP contribution in [0.3, 0.4) is 0 Å². The summed E-state index contributed by atoms with van der Waals surface area (Å²) in [6.07, 6.45) is 0. The molecule has 0 fully saturated rings. The fourth-order valence-electron chi connectivity index (χ4n) is 1.43. The first-order valence-corrected chi connectivity index (χ1v) is 7.29. The smallest absolute Gasteiger partial charge is 0.175 e. The van der Waals surface area contributed by atoms with Crippen molar-refractivity contribution in [3.63, 3.8) is 0 Å². The van der Waals surface area contributed by atoms with Crippen molar-refractivity contribution in [2.45, 2.75) is 0 Å². The second kappa shape index (κ2) is 6.57. The second-order valence-corrected chi connectivity index (χ2v) is 5.86. The van der Waals surface area contributed by atoms with Crippen molar-refractivity contribution in [2.24, 2.45) is 0 Å². The molecule has 0 heterocycles. The highest BCUT2D eigenvalue weighted by molar-refractivity contribution is 9.10. The molecule has 0 radical (unpaired) electrons. The molecule has 0 atom stereocenters. The predicted octanol–water partition coefficient (Wildman–Crippen LogP) is 5.56. The number of nitrogens with one attached hydrogen (secondary N) is 2. The van der Waals surface area contributed by atoms with Gasteiger partial charge in [-0.3, -0.25) is 0 Å². The maximum absolute atomic E-state index is 5.94. The summed E-state index contributed by atoms with van der Waals surface area (Å²) < 4.78 is 0.981. The van der Waals surface area contributed by atoms with Gasteiger partial charge in [0, 0.05) is 15.8 Å². The zero-order chi connectivity index (χ0) is 13.8. The Morgan fingerprint density at radius 1 is 0.947 bits per heavy atom. The van der Waals surface area contributed by atoms with Crippen LogP contribution in [0.25, 0.3) is 0 Å². The van der Waals surface area contributed by atoms with E-state index in [1.54, 1.807) is 12.1 Å². The second-order valence-electron chi connectivity index (χ2n) is 3.72. The first-order valence-electron chi connectivity index (χ1n) is 5.33. The summed E-state index contributed by atoms with van der Waals surface area (Å²) in [6.45, 7) is 0. The minimum absolute atomic E-state index is 0.483. The minimum atomic E-state index is 0.483. The molecule has 2 rings (SSSR count). The van der Waals surface area contributed by atoms with E-state index < -0.39 is 0 Å². The van der Waals surface area contributed by atoms with E-state index in [9.17, 15) is 0 Å². The molecule has 6 heteroatoms. The summed E-state index contributed by atoms with van der Waals surface area (Å²) in [6, 6.07) is 13.0. The van der Waals surface area contributed by atoms with E-state index in [4.69, 9.17) is 35.4 Å². The van der Waals surface area contributed by atoms with Gasteiger partial charge in [0.2, 0.25) is 0 Å². The molecule has 0 aliphatic heterocycles. The molecular formula is C13H9BrCl2N2S. The van der Waals surface area contributed by atoms with Crippen LogP contribution in [-0.4, -0.2) is 5.11 Å². The van der Waals surface area contributed by atoms with E-state index in [1.807, 2.05) is 30.3 Å². The number of hydrogen-bond donors (Lipinski definition) is 2. The number of thiocarbonyl (C=S) groups is 1. The Labute approximate surface area is 135 Å². The monoisotopic (exact) mass is 374 g/mol. The summed E-state index contributed by atoms with van der Waals surface area (Å²) in [5, 5.41) is 7.60. The average molecular weight is 376 g/mol. The Hall–Kier alpha value is -0.810. The minimum Gasteiger partial charge on any atom is -0.332 e. The molecule has 0 aliphatic rings. The Balaban J connectivity index is 2.03. The Morgan fingerprint density at radius 2 is 1.63 bits per heavy atom. The molecule has 98 valence electrons. The van der Waals surface area contributed by atoms with Crippen LogP contribution in [0.4, 0.5) is 11.4 Å². The van der Waals surface area contributed by atoms with Gasteiger partial charge in [0.15, 0.2) is 5.11 Å². The molecule has 2 nitrogen and oxygen atoms in total. The van der Waals surface area contributed by atoms with Crippen molar-refractivity contribution >= 4 is 67.8 Å². The molecule has 0 saturated heterocycles. The lowest BCUT2D eigenvalue weighted by Crippen LogP contribution is -2.18. The average Bonchev–Trinajstić information content (AvgIpc) is 2.34. The first-order chi connectivity index (χ1) is 9.04. The van der Waals surface area contributed by atoms with Crippen molar-refractivity contribution in [1.82, 2.24) is 0 Å². The molecule has 2 N–H and O–H groups in total. The SMILES string of the molecule is S=C(Nc1cccc(Br)c1)Nc1ccc(Cl)c(Cl)c1. The van der Waals surface area contributed by atoms with E-state index >= 15 is 0 Å². The first kappa shape index (κ1) is 14.6. The van der Waals surface area contributed by atoms with E-state index in [-0.39, 0.29) is 0 Å². The molecule has 0 aliphatic carbocycles. The topological polar surface area (TPSA) is 24.1 Å². The lowest BCUT2D eigenvalue weighted by Gasteiger charge is -2.11. The van der Waals surface area contributed by atoms with Crippen LogP contribution in [0.1, 0.15) is 0 Å². The van der Waals surface area contributed by atoms with Crippen LogP contribution in [0.5, 0.6) is 0 Å².